The molecule has 33 heavy (non-hydrogen) atoms. The van der Waals surface area contributed by atoms with E-state index in [2.05, 4.69) is 30.2 Å². The van der Waals surface area contributed by atoms with Crippen LogP contribution in [0, 0.1) is 6.92 Å². The monoisotopic (exact) mass is 444 g/mol. The highest BCUT2D eigenvalue weighted by molar-refractivity contribution is 5.90. The number of phenols is 1. The van der Waals surface area contributed by atoms with Crippen molar-refractivity contribution in [3.05, 3.63) is 54.1 Å². The first-order valence-corrected chi connectivity index (χ1v) is 10.7. The van der Waals surface area contributed by atoms with Crippen molar-refractivity contribution in [3.8, 4) is 17.1 Å². The van der Waals surface area contributed by atoms with Crippen LogP contribution in [0.15, 0.2) is 48.5 Å². The molecule has 0 atom stereocenters. The number of rotatable bonds is 3. The molecular weight excluding hydrogens is 420 g/mol. The molecule has 5 N–H and O–H groups in total. The number of hydrogen-bond acceptors (Lipinski definition) is 7. The predicted octanol–water partition coefficient (Wildman–Crippen LogP) is 2.97. The number of H-pyrrole nitrogens is 1. The average Bonchev–Trinajstić information content (AvgIpc) is 3.22. The second-order valence-corrected chi connectivity index (χ2v) is 7.98. The van der Waals surface area contributed by atoms with Crippen molar-refractivity contribution in [1.29, 1.82) is 0 Å². The fourth-order valence-electron chi connectivity index (χ4n) is 3.98. The Kier molecular flexibility index (Phi) is 5.17. The van der Waals surface area contributed by atoms with Crippen molar-refractivity contribution < 1.29 is 9.90 Å². The predicted molar refractivity (Wildman–Crippen MR) is 127 cm³/mol. The quantitative estimate of drug-likeness (QED) is 0.381. The zero-order valence-corrected chi connectivity index (χ0v) is 18.1. The SMILES string of the molecule is Cc1cccc(NC(=O)N2CCN(c3nc(N)nc4nc(-c5ccccc5O)[nH]c34)CC2)c1. The van der Waals surface area contributed by atoms with E-state index in [0.29, 0.717) is 54.5 Å². The van der Waals surface area contributed by atoms with Gasteiger partial charge in [-0.05, 0) is 36.8 Å². The molecule has 5 rings (SSSR count). The molecule has 3 heterocycles. The number of aryl methyl sites for hydroxylation is 1. The lowest BCUT2D eigenvalue weighted by molar-refractivity contribution is 0.208. The topological polar surface area (TPSA) is 136 Å². The Morgan fingerprint density at radius 3 is 2.61 bits per heavy atom. The smallest absolute Gasteiger partial charge is 0.321 e. The van der Waals surface area contributed by atoms with Gasteiger partial charge in [0.25, 0.3) is 0 Å². The normalized spacial score (nSPS) is 14.0. The first-order valence-electron chi connectivity index (χ1n) is 10.7. The maximum atomic E-state index is 12.7. The van der Waals surface area contributed by atoms with Crippen LogP contribution in [0.25, 0.3) is 22.6 Å². The van der Waals surface area contributed by atoms with Crippen LogP contribution >= 0.6 is 0 Å². The summed E-state index contributed by atoms with van der Waals surface area (Å²) in [7, 11) is 0. The number of amides is 2. The number of aromatic nitrogens is 4. The molecule has 0 aliphatic carbocycles. The summed E-state index contributed by atoms with van der Waals surface area (Å²) in [5, 5.41) is 13.1. The minimum Gasteiger partial charge on any atom is -0.507 e. The van der Waals surface area contributed by atoms with E-state index in [1.807, 2.05) is 37.3 Å². The fraction of sp³-hybridized carbons (Fsp3) is 0.217. The van der Waals surface area contributed by atoms with Crippen LogP contribution in [0.5, 0.6) is 5.75 Å². The number of hydrogen-bond donors (Lipinski definition) is 4. The number of anilines is 3. The Balaban J connectivity index is 1.35. The van der Waals surface area contributed by atoms with Crippen molar-refractivity contribution in [2.45, 2.75) is 6.92 Å². The third kappa shape index (κ3) is 4.10. The van der Waals surface area contributed by atoms with E-state index in [1.54, 1.807) is 23.1 Å². The first-order chi connectivity index (χ1) is 16.0. The number of carbonyl (C=O) groups excluding carboxylic acids is 1. The van der Waals surface area contributed by atoms with Crippen LogP contribution in [-0.4, -0.2) is 62.2 Å². The van der Waals surface area contributed by atoms with Crippen LogP contribution in [0.3, 0.4) is 0 Å². The molecule has 4 aromatic rings. The van der Waals surface area contributed by atoms with E-state index in [9.17, 15) is 9.90 Å². The summed E-state index contributed by atoms with van der Waals surface area (Å²) >= 11 is 0. The summed E-state index contributed by atoms with van der Waals surface area (Å²) < 4.78 is 0. The van der Waals surface area contributed by atoms with Gasteiger partial charge in [-0.25, -0.2) is 9.78 Å². The third-order valence-corrected chi connectivity index (χ3v) is 5.64. The van der Waals surface area contributed by atoms with Crippen LogP contribution in [0.1, 0.15) is 5.56 Å². The number of piperazine rings is 1. The molecule has 1 aliphatic rings. The second-order valence-electron chi connectivity index (χ2n) is 7.98. The summed E-state index contributed by atoms with van der Waals surface area (Å²) in [6.07, 6.45) is 0. The Hall–Kier alpha value is -4.34. The molecule has 2 aromatic carbocycles. The molecular formula is C23H24N8O2. The number of phenolic OH excluding ortho intramolecular Hbond substituents is 1. The average molecular weight is 444 g/mol. The summed E-state index contributed by atoms with van der Waals surface area (Å²) in [5.41, 5.74) is 9.46. The van der Waals surface area contributed by atoms with Gasteiger partial charge in [0.15, 0.2) is 11.5 Å². The summed E-state index contributed by atoms with van der Waals surface area (Å²) in [6.45, 7) is 4.21. The molecule has 168 valence electrons. The van der Waals surface area contributed by atoms with E-state index < -0.39 is 0 Å². The van der Waals surface area contributed by atoms with E-state index in [-0.39, 0.29) is 17.7 Å². The maximum absolute atomic E-state index is 12.7. The van der Waals surface area contributed by atoms with E-state index in [1.165, 1.54) is 0 Å². The summed E-state index contributed by atoms with van der Waals surface area (Å²) in [5.74, 6) is 1.35. The van der Waals surface area contributed by atoms with Gasteiger partial charge in [0.1, 0.15) is 17.1 Å². The van der Waals surface area contributed by atoms with Gasteiger partial charge in [0, 0.05) is 31.9 Å². The molecule has 0 spiro atoms. The molecule has 0 saturated carbocycles. The van der Waals surface area contributed by atoms with E-state index >= 15 is 0 Å². The number of benzene rings is 2. The number of nitrogens with zero attached hydrogens (tertiary/aromatic N) is 5. The van der Waals surface area contributed by atoms with E-state index in [4.69, 9.17) is 5.73 Å². The summed E-state index contributed by atoms with van der Waals surface area (Å²) in [4.78, 5) is 33.0. The molecule has 0 radical (unpaired) electrons. The van der Waals surface area contributed by atoms with Crippen molar-refractivity contribution in [3.63, 3.8) is 0 Å². The largest absolute Gasteiger partial charge is 0.507 e. The van der Waals surface area contributed by atoms with Crippen molar-refractivity contribution in [2.24, 2.45) is 0 Å². The minimum atomic E-state index is -0.129. The molecule has 1 fully saturated rings. The number of urea groups is 1. The Labute approximate surface area is 190 Å². The molecule has 0 bridgehead atoms. The Bertz CT molecular complexity index is 1330. The highest BCUT2D eigenvalue weighted by atomic mass is 16.3. The molecule has 2 amide bonds. The standard InChI is InChI=1S/C23H24N8O2/c1-14-5-4-6-15(13-14)25-23(33)31-11-9-30(10-12-31)21-18-20(28-22(24)29-21)27-19(26-18)16-7-2-3-8-17(16)32/h2-8,13,32H,9-12H2,1H3,(H,25,33)(H3,24,26,27,28,29). The molecule has 10 heteroatoms. The maximum Gasteiger partial charge on any atom is 0.321 e. The minimum absolute atomic E-state index is 0.118. The van der Waals surface area contributed by atoms with Gasteiger partial charge in [-0.1, -0.05) is 24.3 Å². The van der Waals surface area contributed by atoms with Gasteiger partial charge >= 0.3 is 6.03 Å². The number of para-hydroxylation sites is 1. The third-order valence-electron chi connectivity index (χ3n) is 5.64. The second kappa shape index (κ2) is 8.30. The van der Waals surface area contributed by atoms with Gasteiger partial charge in [-0.15, -0.1) is 0 Å². The number of nitrogens with two attached hydrogens (primary N) is 1. The number of aromatic amines is 1. The highest BCUT2D eigenvalue weighted by Crippen LogP contribution is 2.31. The lowest BCUT2D eigenvalue weighted by Crippen LogP contribution is -2.50. The number of carbonyl (C=O) groups is 1. The first kappa shape index (κ1) is 20.6. The van der Waals surface area contributed by atoms with Gasteiger partial charge in [-0.3, -0.25) is 0 Å². The summed E-state index contributed by atoms with van der Waals surface area (Å²) in [6, 6.07) is 14.5. The Morgan fingerprint density at radius 1 is 1.06 bits per heavy atom. The van der Waals surface area contributed by atoms with Crippen molar-refractivity contribution >= 4 is 34.6 Å². The van der Waals surface area contributed by atoms with Crippen LogP contribution in [-0.2, 0) is 0 Å². The molecule has 0 unspecified atom stereocenters. The zero-order chi connectivity index (χ0) is 22.9. The van der Waals surface area contributed by atoms with Crippen molar-refractivity contribution in [2.75, 3.05) is 42.1 Å². The van der Waals surface area contributed by atoms with Gasteiger partial charge in [0.05, 0.1) is 5.56 Å². The van der Waals surface area contributed by atoms with Gasteiger partial charge in [-0.2, -0.15) is 9.97 Å². The lowest BCUT2D eigenvalue weighted by Gasteiger charge is -2.35. The van der Waals surface area contributed by atoms with Gasteiger partial charge in [0.2, 0.25) is 5.95 Å². The zero-order valence-electron chi connectivity index (χ0n) is 18.1. The molecule has 1 aliphatic heterocycles. The number of aromatic hydroxyl groups is 1. The number of nitrogen functional groups attached to an aromatic ring is 1. The Morgan fingerprint density at radius 2 is 1.85 bits per heavy atom. The molecule has 10 nitrogen and oxygen atoms in total. The number of imidazole rings is 1. The van der Waals surface area contributed by atoms with Crippen LogP contribution < -0.4 is 16.0 Å². The molecule has 2 aromatic heterocycles. The number of fused-ring (bicyclic) bond motifs is 1. The highest BCUT2D eigenvalue weighted by Gasteiger charge is 2.25. The molecule has 1 saturated heterocycles. The van der Waals surface area contributed by atoms with Crippen molar-refractivity contribution in [1.82, 2.24) is 24.8 Å². The number of nitrogens with one attached hydrogen (secondary N) is 2. The lowest BCUT2D eigenvalue weighted by atomic mass is 10.2. The van der Waals surface area contributed by atoms with E-state index in [0.717, 1.165) is 11.3 Å². The van der Waals surface area contributed by atoms with Crippen LogP contribution in [0.2, 0.25) is 0 Å². The van der Waals surface area contributed by atoms with Crippen LogP contribution in [0.4, 0.5) is 22.2 Å². The van der Waals surface area contributed by atoms with Gasteiger partial charge < -0.3 is 30.9 Å². The fourth-order valence-corrected chi connectivity index (χ4v) is 3.98.